The highest BCUT2D eigenvalue weighted by molar-refractivity contribution is 8.14. The fraction of sp³-hybridized carbons (Fsp3) is 0.800. The van der Waals surface area contributed by atoms with Crippen molar-refractivity contribution in [3.8, 4) is 0 Å². The van der Waals surface area contributed by atoms with Gasteiger partial charge >= 0.3 is 0 Å². The lowest BCUT2D eigenvalue weighted by molar-refractivity contribution is -0.113. The second kappa shape index (κ2) is 4.90. The predicted octanol–water partition coefficient (Wildman–Crippen LogP) is 3.05. The zero-order chi connectivity index (χ0) is 8.97. The first-order valence-corrected chi connectivity index (χ1v) is 5.60. The van der Waals surface area contributed by atoms with Crippen LogP contribution in [0.4, 0.5) is 0 Å². The molecule has 0 N–H and O–H groups in total. The first kappa shape index (κ1) is 10.1. The van der Waals surface area contributed by atoms with Crippen LogP contribution in [0.15, 0.2) is 0 Å². The number of carbonyl (C=O) groups is 1. The minimum Gasteiger partial charge on any atom is -0.287 e. The third kappa shape index (κ3) is 3.18. The van der Waals surface area contributed by atoms with Crippen molar-refractivity contribution < 1.29 is 4.79 Å². The summed E-state index contributed by atoms with van der Waals surface area (Å²) in [4.78, 5) is 11.4. The van der Waals surface area contributed by atoms with Gasteiger partial charge in [-0.1, -0.05) is 38.5 Å². The molecule has 1 fully saturated rings. The Labute approximate surface area is 79.3 Å². The average Bonchev–Trinajstić information content (AvgIpc) is 2.06. The fourth-order valence-corrected chi connectivity index (χ4v) is 2.44. The van der Waals surface area contributed by atoms with Crippen LogP contribution < -0.4 is 0 Å². The molecule has 1 saturated carbocycles. The molecular formula is C10H17OS. The van der Waals surface area contributed by atoms with E-state index in [-0.39, 0.29) is 5.92 Å². The van der Waals surface area contributed by atoms with Crippen LogP contribution >= 0.6 is 11.8 Å². The van der Waals surface area contributed by atoms with Crippen LogP contribution in [-0.2, 0) is 4.79 Å². The van der Waals surface area contributed by atoms with E-state index in [9.17, 15) is 4.79 Å². The standard InChI is InChI=1S/C10H17OS/c1-8(2)10(11)12-9-6-4-3-5-7-9/h4,8-9H,3,5-7H2,1-2H3. The Morgan fingerprint density at radius 1 is 1.58 bits per heavy atom. The van der Waals surface area contributed by atoms with Crippen molar-refractivity contribution in [2.45, 2.75) is 44.8 Å². The van der Waals surface area contributed by atoms with Crippen molar-refractivity contribution in [3.05, 3.63) is 6.42 Å². The molecule has 0 bridgehead atoms. The maximum atomic E-state index is 11.4. The van der Waals surface area contributed by atoms with E-state index in [0.29, 0.717) is 10.4 Å². The topological polar surface area (TPSA) is 17.1 Å². The number of rotatable bonds is 2. The lowest BCUT2D eigenvalue weighted by Crippen LogP contribution is -2.14. The molecule has 0 spiro atoms. The van der Waals surface area contributed by atoms with Crippen molar-refractivity contribution in [2.24, 2.45) is 5.92 Å². The van der Waals surface area contributed by atoms with Crippen LogP contribution in [-0.4, -0.2) is 10.4 Å². The smallest absolute Gasteiger partial charge is 0.191 e. The van der Waals surface area contributed by atoms with Gasteiger partial charge in [0.25, 0.3) is 0 Å². The number of hydrogen-bond acceptors (Lipinski definition) is 2. The minimum absolute atomic E-state index is 0.192. The van der Waals surface area contributed by atoms with Gasteiger partial charge in [0.15, 0.2) is 5.12 Å². The summed E-state index contributed by atoms with van der Waals surface area (Å²) < 4.78 is 0. The highest BCUT2D eigenvalue weighted by Crippen LogP contribution is 2.29. The monoisotopic (exact) mass is 185 g/mol. The molecular weight excluding hydrogens is 168 g/mol. The van der Waals surface area contributed by atoms with E-state index >= 15 is 0 Å². The van der Waals surface area contributed by atoms with Crippen molar-refractivity contribution in [1.29, 1.82) is 0 Å². The lowest BCUT2D eigenvalue weighted by Gasteiger charge is -2.20. The Kier molecular flexibility index (Phi) is 4.13. The maximum absolute atomic E-state index is 11.4. The van der Waals surface area contributed by atoms with E-state index in [1.807, 2.05) is 13.8 Å². The summed E-state index contributed by atoms with van der Waals surface area (Å²) in [6.45, 7) is 3.95. The summed E-state index contributed by atoms with van der Waals surface area (Å²) in [5, 5.41) is 0.934. The average molecular weight is 185 g/mol. The zero-order valence-electron chi connectivity index (χ0n) is 7.88. The van der Waals surface area contributed by atoms with Crippen LogP contribution in [0.25, 0.3) is 0 Å². The molecule has 1 rings (SSSR count). The highest BCUT2D eigenvalue weighted by Gasteiger charge is 2.19. The van der Waals surface area contributed by atoms with E-state index in [0.717, 1.165) is 6.42 Å². The van der Waals surface area contributed by atoms with Crippen LogP contribution in [0.3, 0.4) is 0 Å². The Bertz CT molecular complexity index is 148. The van der Waals surface area contributed by atoms with Gasteiger partial charge in [0.2, 0.25) is 0 Å². The Morgan fingerprint density at radius 2 is 2.33 bits per heavy atom. The van der Waals surface area contributed by atoms with Crippen molar-refractivity contribution >= 4 is 16.9 Å². The van der Waals surface area contributed by atoms with Crippen LogP contribution in [0.1, 0.15) is 39.5 Å². The molecule has 0 heterocycles. The van der Waals surface area contributed by atoms with Gasteiger partial charge < -0.3 is 0 Å². The quantitative estimate of drug-likeness (QED) is 0.657. The molecule has 0 saturated heterocycles. The van der Waals surface area contributed by atoms with Crippen molar-refractivity contribution in [2.75, 3.05) is 0 Å². The van der Waals surface area contributed by atoms with Gasteiger partial charge in [-0.05, 0) is 19.3 Å². The summed E-state index contributed by atoms with van der Waals surface area (Å²) in [6, 6.07) is 0. The summed E-state index contributed by atoms with van der Waals surface area (Å²) >= 11 is 1.56. The molecule has 1 nitrogen and oxygen atoms in total. The molecule has 0 aromatic heterocycles. The van der Waals surface area contributed by atoms with E-state index in [2.05, 4.69) is 6.42 Å². The Balaban J connectivity index is 2.24. The van der Waals surface area contributed by atoms with Gasteiger partial charge in [-0.25, -0.2) is 0 Å². The summed E-state index contributed by atoms with van der Waals surface area (Å²) in [5.74, 6) is 0.192. The van der Waals surface area contributed by atoms with Crippen LogP contribution in [0, 0.1) is 12.3 Å². The van der Waals surface area contributed by atoms with E-state index in [1.165, 1.54) is 19.3 Å². The number of thioether (sulfide) groups is 1. The van der Waals surface area contributed by atoms with Crippen molar-refractivity contribution in [1.82, 2.24) is 0 Å². The number of hydrogen-bond donors (Lipinski definition) is 0. The van der Waals surface area contributed by atoms with Gasteiger partial charge in [0, 0.05) is 11.2 Å². The first-order chi connectivity index (χ1) is 5.70. The molecule has 0 aliphatic heterocycles. The highest BCUT2D eigenvalue weighted by atomic mass is 32.2. The van der Waals surface area contributed by atoms with Crippen LogP contribution in [0.5, 0.6) is 0 Å². The van der Waals surface area contributed by atoms with Gasteiger partial charge in [-0.3, -0.25) is 4.79 Å². The van der Waals surface area contributed by atoms with E-state index in [4.69, 9.17) is 0 Å². The molecule has 69 valence electrons. The van der Waals surface area contributed by atoms with Gasteiger partial charge in [-0.15, -0.1) is 0 Å². The lowest BCUT2D eigenvalue weighted by atomic mass is 10.0. The first-order valence-electron chi connectivity index (χ1n) is 4.72. The molecule has 0 aromatic carbocycles. The summed E-state index contributed by atoms with van der Waals surface area (Å²) in [6.07, 6.45) is 7.17. The second-order valence-corrected chi connectivity index (χ2v) is 4.97. The summed E-state index contributed by atoms with van der Waals surface area (Å²) in [7, 11) is 0. The fourth-order valence-electron chi connectivity index (χ4n) is 1.32. The Hall–Kier alpha value is 0.0200. The Morgan fingerprint density at radius 3 is 2.83 bits per heavy atom. The van der Waals surface area contributed by atoms with Crippen LogP contribution in [0.2, 0.25) is 0 Å². The minimum atomic E-state index is 0.192. The molecule has 1 atom stereocenters. The van der Waals surface area contributed by atoms with Gasteiger partial charge in [0.05, 0.1) is 0 Å². The molecule has 12 heavy (non-hydrogen) atoms. The van der Waals surface area contributed by atoms with Crippen molar-refractivity contribution in [3.63, 3.8) is 0 Å². The third-order valence-corrected chi connectivity index (χ3v) is 3.58. The molecule has 1 unspecified atom stereocenters. The zero-order valence-corrected chi connectivity index (χ0v) is 8.69. The summed E-state index contributed by atoms with van der Waals surface area (Å²) in [5.41, 5.74) is 0. The molecule has 1 aliphatic rings. The number of carbonyl (C=O) groups excluding carboxylic acids is 1. The third-order valence-electron chi connectivity index (χ3n) is 2.12. The van der Waals surface area contributed by atoms with Gasteiger partial charge in [0.1, 0.15) is 0 Å². The molecule has 1 aliphatic carbocycles. The molecule has 1 radical (unpaired) electrons. The van der Waals surface area contributed by atoms with Gasteiger partial charge in [-0.2, -0.15) is 0 Å². The SMILES string of the molecule is CC(C)C(=O)SC1C[CH]CCC1. The molecule has 0 aromatic rings. The van der Waals surface area contributed by atoms with E-state index < -0.39 is 0 Å². The second-order valence-electron chi connectivity index (χ2n) is 3.67. The molecule has 0 amide bonds. The normalized spacial score (nSPS) is 19.9. The molecule has 2 heteroatoms. The predicted molar refractivity (Wildman–Crippen MR) is 54.0 cm³/mol. The van der Waals surface area contributed by atoms with E-state index in [1.54, 1.807) is 11.8 Å². The maximum Gasteiger partial charge on any atom is 0.191 e. The largest absolute Gasteiger partial charge is 0.287 e.